The van der Waals surface area contributed by atoms with Crippen molar-refractivity contribution < 1.29 is 9.53 Å². The molecule has 11 heteroatoms. The number of hydrogen-bond donors (Lipinski definition) is 3. The van der Waals surface area contributed by atoms with Crippen LogP contribution in [-0.2, 0) is 22.6 Å². The summed E-state index contributed by atoms with van der Waals surface area (Å²) in [5.74, 6) is -0.178. The number of amides is 1. The lowest BCUT2D eigenvalue weighted by Crippen LogP contribution is -2.36. The summed E-state index contributed by atoms with van der Waals surface area (Å²) >= 11 is 2.81. The third-order valence-electron chi connectivity index (χ3n) is 4.89. The number of H-pyrrole nitrogens is 1. The molecule has 0 aliphatic heterocycles. The van der Waals surface area contributed by atoms with E-state index in [1.54, 1.807) is 0 Å². The number of thiazole rings is 1. The molecule has 0 aliphatic rings. The molecule has 34 heavy (non-hydrogen) atoms. The lowest BCUT2D eigenvalue weighted by molar-refractivity contribution is -0.113. The summed E-state index contributed by atoms with van der Waals surface area (Å²) in [5.41, 5.74) is 0.703. The molecule has 0 unspecified atom stereocenters. The van der Waals surface area contributed by atoms with Gasteiger partial charge < -0.3 is 15.4 Å². The van der Waals surface area contributed by atoms with E-state index in [9.17, 15) is 14.4 Å². The Morgan fingerprint density at radius 3 is 2.68 bits per heavy atom. The van der Waals surface area contributed by atoms with Crippen LogP contribution in [0.1, 0.15) is 5.56 Å². The van der Waals surface area contributed by atoms with Gasteiger partial charge in [0.2, 0.25) is 5.91 Å². The Labute approximate surface area is 203 Å². The Bertz CT molecular complexity index is 1370. The summed E-state index contributed by atoms with van der Waals surface area (Å²) in [6.07, 6.45) is 0. The Morgan fingerprint density at radius 1 is 1.15 bits per heavy atom. The molecule has 4 rings (SSSR count). The Hall–Kier alpha value is -3.41. The van der Waals surface area contributed by atoms with Crippen LogP contribution in [-0.4, -0.2) is 39.9 Å². The fourth-order valence-electron chi connectivity index (χ4n) is 3.26. The molecule has 0 aliphatic carbocycles. The van der Waals surface area contributed by atoms with Gasteiger partial charge in [-0.2, -0.15) is 0 Å². The maximum Gasteiger partial charge on any atom is 0.330 e. The number of benzene rings is 2. The highest BCUT2D eigenvalue weighted by Crippen LogP contribution is 2.29. The predicted octanol–water partition coefficient (Wildman–Crippen LogP) is 3.14. The molecular weight excluding hydrogens is 474 g/mol. The smallest absolute Gasteiger partial charge is 0.330 e. The number of nitrogens with one attached hydrogen (secondary N) is 3. The van der Waals surface area contributed by atoms with Crippen molar-refractivity contribution in [1.29, 1.82) is 0 Å². The van der Waals surface area contributed by atoms with Crippen molar-refractivity contribution in [2.24, 2.45) is 0 Å². The van der Waals surface area contributed by atoms with Crippen LogP contribution in [0.4, 0.5) is 11.5 Å². The number of rotatable bonds is 10. The molecule has 176 valence electrons. The molecule has 2 aromatic heterocycles. The van der Waals surface area contributed by atoms with Gasteiger partial charge in [-0.25, -0.2) is 9.78 Å². The van der Waals surface area contributed by atoms with Gasteiger partial charge in [0.25, 0.3) is 5.56 Å². The Kier molecular flexibility index (Phi) is 7.78. The average molecular weight is 498 g/mol. The molecule has 1 amide bonds. The van der Waals surface area contributed by atoms with Crippen LogP contribution < -0.4 is 21.9 Å². The molecule has 0 spiro atoms. The summed E-state index contributed by atoms with van der Waals surface area (Å²) in [7, 11) is 1.51. The zero-order valence-electron chi connectivity index (χ0n) is 18.4. The predicted molar refractivity (Wildman–Crippen MR) is 136 cm³/mol. The number of ether oxygens (including phenoxy) is 1. The number of para-hydroxylation sites is 1. The first-order valence-electron chi connectivity index (χ1n) is 10.5. The van der Waals surface area contributed by atoms with E-state index in [4.69, 9.17) is 4.74 Å². The van der Waals surface area contributed by atoms with Crippen LogP contribution in [0.5, 0.6) is 0 Å². The second-order valence-corrected chi connectivity index (χ2v) is 9.50. The van der Waals surface area contributed by atoms with Gasteiger partial charge in [0, 0.05) is 13.7 Å². The lowest BCUT2D eigenvalue weighted by Gasteiger charge is -2.17. The molecule has 0 fully saturated rings. The minimum atomic E-state index is -0.624. The molecule has 4 aromatic rings. The van der Waals surface area contributed by atoms with Crippen molar-refractivity contribution in [2.75, 3.05) is 30.1 Å². The van der Waals surface area contributed by atoms with Crippen molar-refractivity contribution in [3.63, 3.8) is 0 Å². The second kappa shape index (κ2) is 11.1. The van der Waals surface area contributed by atoms with E-state index in [-0.39, 0.29) is 36.3 Å². The van der Waals surface area contributed by atoms with E-state index in [1.807, 2.05) is 54.6 Å². The Balaban J connectivity index is 1.56. The van der Waals surface area contributed by atoms with Gasteiger partial charge >= 0.3 is 5.69 Å². The standard InChI is InChI=1S/C23H23N5O4S2/c1-32-12-11-28-20(19(21(30)27-22(28)31)24-13-15-7-3-2-4-8-15)26-18(29)14-33-23-25-16-9-5-6-10-17(16)34-23/h2-10,24H,11-14H2,1H3,(H,26,29)(H,27,30,31). The first-order chi connectivity index (χ1) is 16.5. The van der Waals surface area contributed by atoms with Gasteiger partial charge in [0.1, 0.15) is 11.5 Å². The summed E-state index contributed by atoms with van der Waals surface area (Å²) in [5, 5.41) is 5.81. The second-order valence-electron chi connectivity index (χ2n) is 7.25. The number of carbonyl (C=O) groups excluding carboxylic acids is 1. The van der Waals surface area contributed by atoms with Crippen LogP contribution in [0.25, 0.3) is 10.2 Å². The molecule has 2 aromatic carbocycles. The highest BCUT2D eigenvalue weighted by Gasteiger charge is 2.18. The molecule has 0 saturated carbocycles. The van der Waals surface area contributed by atoms with E-state index in [2.05, 4.69) is 20.6 Å². The molecule has 2 heterocycles. The van der Waals surface area contributed by atoms with Gasteiger partial charge in [0.05, 0.1) is 29.1 Å². The maximum absolute atomic E-state index is 12.8. The zero-order valence-corrected chi connectivity index (χ0v) is 20.0. The number of aromatic amines is 1. The highest BCUT2D eigenvalue weighted by atomic mass is 32.2. The molecule has 0 atom stereocenters. The summed E-state index contributed by atoms with van der Waals surface area (Å²) in [6, 6.07) is 17.3. The van der Waals surface area contributed by atoms with E-state index in [1.165, 1.54) is 34.8 Å². The number of fused-ring (bicyclic) bond motifs is 1. The summed E-state index contributed by atoms with van der Waals surface area (Å²) in [4.78, 5) is 44.8. The Morgan fingerprint density at radius 2 is 1.91 bits per heavy atom. The number of carbonyl (C=O) groups is 1. The number of thioether (sulfide) groups is 1. The first-order valence-corrected chi connectivity index (χ1v) is 12.3. The topological polar surface area (TPSA) is 118 Å². The number of aromatic nitrogens is 3. The molecular formula is C23H23N5O4S2. The van der Waals surface area contributed by atoms with Crippen LogP contribution in [0.15, 0.2) is 68.5 Å². The average Bonchev–Trinajstić information content (AvgIpc) is 3.26. The lowest BCUT2D eigenvalue weighted by atomic mass is 10.2. The van der Waals surface area contributed by atoms with E-state index >= 15 is 0 Å². The minimum absolute atomic E-state index is 0.0726. The summed E-state index contributed by atoms with van der Waals surface area (Å²) in [6.45, 7) is 0.732. The van der Waals surface area contributed by atoms with Gasteiger partial charge in [-0.3, -0.25) is 19.1 Å². The van der Waals surface area contributed by atoms with Crippen molar-refractivity contribution in [1.82, 2.24) is 14.5 Å². The first kappa shape index (κ1) is 23.7. The highest BCUT2D eigenvalue weighted by molar-refractivity contribution is 8.01. The van der Waals surface area contributed by atoms with Gasteiger partial charge in [-0.1, -0.05) is 54.2 Å². The van der Waals surface area contributed by atoms with E-state index < -0.39 is 11.2 Å². The molecule has 0 saturated heterocycles. The van der Waals surface area contributed by atoms with Crippen LogP contribution >= 0.6 is 23.1 Å². The molecule has 0 radical (unpaired) electrons. The number of anilines is 2. The minimum Gasteiger partial charge on any atom is -0.383 e. The zero-order chi connectivity index (χ0) is 23.9. The van der Waals surface area contributed by atoms with Crippen molar-refractivity contribution >= 4 is 50.7 Å². The van der Waals surface area contributed by atoms with Gasteiger partial charge in [-0.15, -0.1) is 11.3 Å². The van der Waals surface area contributed by atoms with Gasteiger partial charge in [0.15, 0.2) is 4.34 Å². The SMILES string of the molecule is COCCn1c(NC(=O)CSc2nc3ccccc3s2)c(NCc2ccccc2)c(=O)[nH]c1=O. The quantitative estimate of drug-likeness (QED) is 0.288. The molecule has 9 nitrogen and oxygen atoms in total. The normalized spacial score (nSPS) is 11.0. The van der Waals surface area contributed by atoms with E-state index in [0.717, 1.165) is 20.1 Å². The van der Waals surface area contributed by atoms with Gasteiger partial charge in [-0.05, 0) is 17.7 Å². The third kappa shape index (κ3) is 5.74. The number of nitrogens with zero attached hydrogens (tertiary/aromatic N) is 2. The van der Waals surface area contributed by atoms with Crippen LogP contribution in [0.2, 0.25) is 0 Å². The number of methoxy groups -OCH3 is 1. The summed E-state index contributed by atoms with van der Waals surface area (Å²) < 4.78 is 8.20. The third-order valence-corrected chi connectivity index (χ3v) is 7.07. The fraction of sp³-hybridized carbons (Fsp3) is 0.217. The monoisotopic (exact) mass is 497 g/mol. The van der Waals surface area contributed by atoms with Crippen molar-refractivity contribution in [2.45, 2.75) is 17.4 Å². The van der Waals surface area contributed by atoms with Crippen LogP contribution in [0.3, 0.4) is 0 Å². The largest absolute Gasteiger partial charge is 0.383 e. The molecule has 0 bridgehead atoms. The molecule has 3 N–H and O–H groups in total. The van der Waals surface area contributed by atoms with Crippen molar-refractivity contribution in [3.05, 3.63) is 81.0 Å². The fourth-order valence-corrected chi connectivity index (χ4v) is 5.12. The van der Waals surface area contributed by atoms with Crippen molar-refractivity contribution in [3.8, 4) is 0 Å². The maximum atomic E-state index is 12.8. The number of hydrogen-bond acceptors (Lipinski definition) is 8. The van der Waals surface area contributed by atoms with E-state index in [0.29, 0.717) is 6.54 Å². The van der Waals surface area contributed by atoms with Crippen LogP contribution in [0, 0.1) is 0 Å².